The topological polar surface area (TPSA) is 76.7 Å². The van der Waals surface area contributed by atoms with E-state index in [1.165, 1.54) is 19.2 Å². The number of ether oxygens (including phenoxy) is 2. The molecule has 2 aromatic rings. The molecule has 150 valence electrons. The first kappa shape index (κ1) is 21.1. The van der Waals surface area contributed by atoms with Crippen molar-refractivity contribution in [2.45, 2.75) is 6.18 Å². The summed E-state index contributed by atoms with van der Waals surface area (Å²) in [5, 5.41) is 4.84. The molecular formula is C19H19F3N2O4. The van der Waals surface area contributed by atoms with E-state index in [0.717, 1.165) is 12.1 Å². The summed E-state index contributed by atoms with van der Waals surface area (Å²) in [6.07, 6.45) is -4.63. The SMILES string of the molecule is COc1ccccc1OCC(=O)NCCNC(=O)c1ccccc1C(F)(F)F. The van der Waals surface area contributed by atoms with Gasteiger partial charge in [0.1, 0.15) is 0 Å². The smallest absolute Gasteiger partial charge is 0.417 e. The second kappa shape index (κ2) is 9.63. The highest BCUT2D eigenvalue weighted by Crippen LogP contribution is 2.31. The number of hydrogen-bond acceptors (Lipinski definition) is 4. The van der Waals surface area contributed by atoms with Gasteiger partial charge >= 0.3 is 6.18 Å². The zero-order valence-electron chi connectivity index (χ0n) is 15.0. The van der Waals surface area contributed by atoms with Gasteiger partial charge in [0.25, 0.3) is 11.8 Å². The third-order valence-corrected chi connectivity index (χ3v) is 3.64. The molecule has 0 aliphatic heterocycles. The van der Waals surface area contributed by atoms with Crippen molar-refractivity contribution in [1.82, 2.24) is 10.6 Å². The molecule has 0 aliphatic rings. The molecule has 9 heteroatoms. The van der Waals surface area contributed by atoms with Crippen molar-refractivity contribution in [3.05, 3.63) is 59.7 Å². The van der Waals surface area contributed by atoms with E-state index in [9.17, 15) is 22.8 Å². The standard InChI is InChI=1S/C19H19F3N2O4/c1-27-15-8-4-5-9-16(15)28-12-17(25)23-10-11-24-18(26)13-6-2-3-7-14(13)19(20,21)22/h2-9H,10-12H2,1H3,(H,23,25)(H,24,26). The largest absolute Gasteiger partial charge is 0.493 e. The summed E-state index contributed by atoms with van der Waals surface area (Å²) in [5.74, 6) is -0.439. The molecule has 0 aromatic heterocycles. The minimum Gasteiger partial charge on any atom is -0.493 e. The molecule has 0 unspecified atom stereocenters. The summed E-state index contributed by atoms with van der Waals surface area (Å²) in [5.41, 5.74) is -1.48. The van der Waals surface area contributed by atoms with Crippen LogP contribution in [0.15, 0.2) is 48.5 Å². The Hall–Kier alpha value is -3.23. The molecular weight excluding hydrogens is 377 g/mol. The van der Waals surface area contributed by atoms with Crippen LogP contribution in [0.25, 0.3) is 0 Å². The highest BCUT2D eigenvalue weighted by Gasteiger charge is 2.34. The number of halogens is 3. The number of methoxy groups -OCH3 is 1. The number of benzene rings is 2. The Labute approximate surface area is 159 Å². The molecule has 0 saturated carbocycles. The summed E-state index contributed by atoms with van der Waals surface area (Å²) in [6.45, 7) is -0.273. The Morgan fingerprint density at radius 1 is 0.929 bits per heavy atom. The van der Waals surface area contributed by atoms with E-state index < -0.39 is 29.1 Å². The number of hydrogen-bond donors (Lipinski definition) is 2. The van der Waals surface area contributed by atoms with Crippen LogP contribution in [0.3, 0.4) is 0 Å². The molecule has 2 amide bonds. The Morgan fingerprint density at radius 3 is 2.21 bits per heavy atom. The number of nitrogens with one attached hydrogen (secondary N) is 2. The van der Waals surface area contributed by atoms with Crippen LogP contribution >= 0.6 is 0 Å². The van der Waals surface area contributed by atoms with Crippen molar-refractivity contribution >= 4 is 11.8 Å². The van der Waals surface area contributed by atoms with Gasteiger partial charge in [0.05, 0.1) is 18.2 Å². The van der Waals surface area contributed by atoms with Crippen molar-refractivity contribution in [3.8, 4) is 11.5 Å². The molecule has 2 N–H and O–H groups in total. The third kappa shape index (κ3) is 5.90. The van der Waals surface area contributed by atoms with Gasteiger partial charge in [-0.25, -0.2) is 0 Å². The van der Waals surface area contributed by atoms with Gasteiger partial charge in [-0.05, 0) is 24.3 Å². The monoisotopic (exact) mass is 396 g/mol. The predicted molar refractivity (Wildman–Crippen MR) is 95.3 cm³/mol. The minimum absolute atomic E-state index is 0.0358. The minimum atomic E-state index is -4.63. The molecule has 6 nitrogen and oxygen atoms in total. The van der Waals surface area contributed by atoms with Gasteiger partial charge in [-0.15, -0.1) is 0 Å². The van der Waals surface area contributed by atoms with E-state index in [1.807, 2.05) is 0 Å². The Bertz CT molecular complexity index is 825. The van der Waals surface area contributed by atoms with Crippen LogP contribution in [0, 0.1) is 0 Å². The molecule has 0 fully saturated rings. The lowest BCUT2D eigenvalue weighted by molar-refractivity contribution is -0.138. The van der Waals surface area contributed by atoms with Gasteiger partial charge in [-0.3, -0.25) is 9.59 Å². The normalized spacial score (nSPS) is 10.9. The zero-order chi connectivity index (χ0) is 20.6. The van der Waals surface area contributed by atoms with Gasteiger partial charge in [-0.1, -0.05) is 24.3 Å². The summed E-state index contributed by atoms with van der Waals surface area (Å²) < 4.78 is 49.2. The van der Waals surface area contributed by atoms with Crippen molar-refractivity contribution in [2.75, 3.05) is 26.8 Å². The molecule has 28 heavy (non-hydrogen) atoms. The van der Waals surface area contributed by atoms with Crippen LogP contribution < -0.4 is 20.1 Å². The molecule has 2 aromatic carbocycles. The predicted octanol–water partition coefficient (Wildman–Crippen LogP) is 2.64. The Balaban J connectivity index is 1.77. The second-order valence-electron chi connectivity index (χ2n) is 5.59. The fourth-order valence-electron chi connectivity index (χ4n) is 2.33. The number of alkyl halides is 3. The molecule has 0 saturated heterocycles. The molecule has 0 spiro atoms. The molecule has 0 aliphatic carbocycles. The van der Waals surface area contributed by atoms with Crippen molar-refractivity contribution in [1.29, 1.82) is 0 Å². The lowest BCUT2D eigenvalue weighted by Crippen LogP contribution is -2.37. The Kier molecular flexibility index (Phi) is 7.25. The van der Waals surface area contributed by atoms with E-state index in [2.05, 4.69) is 10.6 Å². The second-order valence-corrected chi connectivity index (χ2v) is 5.59. The fraction of sp³-hybridized carbons (Fsp3) is 0.263. The highest BCUT2D eigenvalue weighted by atomic mass is 19.4. The maximum Gasteiger partial charge on any atom is 0.417 e. The zero-order valence-corrected chi connectivity index (χ0v) is 15.0. The summed E-state index contributed by atoms with van der Waals surface area (Å²) in [6, 6.07) is 11.3. The third-order valence-electron chi connectivity index (χ3n) is 3.64. The molecule has 2 rings (SSSR count). The van der Waals surface area contributed by atoms with E-state index >= 15 is 0 Å². The number of amides is 2. The van der Waals surface area contributed by atoms with Gasteiger partial charge in [-0.2, -0.15) is 13.2 Å². The maximum atomic E-state index is 12.9. The Morgan fingerprint density at radius 2 is 1.54 bits per heavy atom. The van der Waals surface area contributed by atoms with Crippen LogP contribution in [0.5, 0.6) is 11.5 Å². The van der Waals surface area contributed by atoms with Crippen LogP contribution in [0.4, 0.5) is 13.2 Å². The van der Waals surface area contributed by atoms with E-state index in [4.69, 9.17) is 9.47 Å². The summed E-state index contributed by atoms with van der Waals surface area (Å²) >= 11 is 0. The van der Waals surface area contributed by atoms with E-state index in [0.29, 0.717) is 11.5 Å². The van der Waals surface area contributed by atoms with Gasteiger partial charge in [0.2, 0.25) is 0 Å². The van der Waals surface area contributed by atoms with Crippen LogP contribution in [0.1, 0.15) is 15.9 Å². The fourth-order valence-corrected chi connectivity index (χ4v) is 2.33. The lowest BCUT2D eigenvalue weighted by Gasteiger charge is -2.13. The lowest BCUT2D eigenvalue weighted by atomic mass is 10.1. The van der Waals surface area contributed by atoms with Gasteiger partial charge < -0.3 is 20.1 Å². The van der Waals surface area contributed by atoms with Crippen molar-refractivity contribution in [2.24, 2.45) is 0 Å². The van der Waals surface area contributed by atoms with E-state index in [-0.39, 0.29) is 19.7 Å². The molecule has 0 bridgehead atoms. The average Bonchev–Trinajstić information content (AvgIpc) is 2.69. The first-order valence-electron chi connectivity index (χ1n) is 8.30. The highest BCUT2D eigenvalue weighted by molar-refractivity contribution is 5.95. The summed E-state index contributed by atoms with van der Waals surface area (Å²) in [4.78, 5) is 23.8. The van der Waals surface area contributed by atoms with Crippen molar-refractivity contribution < 1.29 is 32.2 Å². The summed E-state index contributed by atoms with van der Waals surface area (Å²) in [7, 11) is 1.47. The maximum absolute atomic E-state index is 12.9. The van der Waals surface area contributed by atoms with Gasteiger partial charge in [0.15, 0.2) is 18.1 Å². The average molecular weight is 396 g/mol. The van der Waals surface area contributed by atoms with Crippen molar-refractivity contribution in [3.63, 3.8) is 0 Å². The van der Waals surface area contributed by atoms with Crippen LogP contribution in [0.2, 0.25) is 0 Å². The first-order chi connectivity index (χ1) is 13.3. The molecule has 0 radical (unpaired) electrons. The molecule has 0 atom stereocenters. The van der Waals surface area contributed by atoms with Gasteiger partial charge in [0, 0.05) is 13.1 Å². The van der Waals surface area contributed by atoms with E-state index in [1.54, 1.807) is 24.3 Å². The number of rotatable bonds is 8. The first-order valence-corrected chi connectivity index (χ1v) is 8.30. The van der Waals surface area contributed by atoms with Crippen LogP contribution in [-0.4, -0.2) is 38.6 Å². The number of carbonyl (C=O) groups is 2. The van der Waals surface area contributed by atoms with Crippen LogP contribution in [-0.2, 0) is 11.0 Å². The number of para-hydroxylation sites is 2. The molecule has 0 heterocycles. The number of carbonyl (C=O) groups excluding carboxylic acids is 2. The quantitative estimate of drug-likeness (QED) is 0.673.